The van der Waals surface area contributed by atoms with Gasteiger partial charge in [0.2, 0.25) is 0 Å². The van der Waals surface area contributed by atoms with Crippen molar-refractivity contribution in [1.82, 2.24) is 0 Å². The molecule has 0 amide bonds. The minimum Gasteiger partial charge on any atom is -0.478 e. The number of rotatable bonds is 24. The van der Waals surface area contributed by atoms with E-state index in [9.17, 15) is 138 Å². The summed E-state index contributed by atoms with van der Waals surface area (Å²) in [5.74, 6) is -33.2. The van der Waals surface area contributed by atoms with Crippen LogP contribution in [0.2, 0.25) is 0 Å². The Labute approximate surface area is 421 Å². The van der Waals surface area contributed by atoms with E-state index >= 15 is 0 Å². The third-order valence-corrected chi connectivity index (χ3v) is 10.3. The third-order valence-electron chi connectivity index (χ3n) is 10.3. The van der Waals surface area contributed by atoms with Crippen LogP contribution in [0.25, 0.3) is 0 Å². The normalized spacial score (nSPS) is 10.7. The quantitative estimate of drug-likeness (QED) is 0.0351. The molecule has 12 N–H and O–H groups in total. The van der Waals surface area contributed by atoms with Crippen LogP contribution in [0.15, 0.2) is 48.5 Å². The topological polar surface area (TPSA) is 553 Å². The maximum Gasteiger partial charge on any atom is 0.339 e. The van der Waals surface area contributed by atoms with Crippen LogP contribution in [-0.4, -0.2) is 183 Å². The summed E-state index contributed by atoms with van der Waals surface area (Å²) >= 11 is 0. The molecule has 400 valence electrons. The molecule has 0 aliphatic rings. The van der Waals surface area contributed by atoms with Gasteiger partial charge in [0.1, 0.15) is 31.8 Å². The highest BCUT2D eigenvalue weighted by Crippen LogP contribution is 2.29. The van der Waals surface area contributed by atoms with Crippen molar-refractivity contribution in [2.75, 3.05) is 26.4 Å². The standard InChI is InChI=1S/C45H28O32/c46-29(47)13-1-21(37(62)63)25(5-17(13)33(54)55)41(70)74-9-45(10-75-42(71)26-6-18(34(56)57)14(30(48)49)2-22(26)38(64)65,11-76-43(72)27-7-19(35(58)59)15(31(50)51)3-23(27)39(66)67)12-77-44(73)28-8-20(36(60)61)16(32(52)53)4-24(28)40(68)69/h1-8H,9-12H2,(H,46,47)(H,48,49)(H,50,51)(H,52,53)(H,54,55)(H,56,57)(H,58,59)(H,60,61)(H,62,63)(H,64,65)(H,66,67)(H,68,69). The predicted molar refractivity (Wildman–Crippen MR) is 233 cm³/mol. The molecule has 0 radical (unpaired) electrons. The molecule has 0 heterocycles. The molecule has 0 aliphatic carbocycles. The smallest absolute Gasteiger partial charge is 0.339 e. The van der Waals surface area contributed by atoms with Crippen molar-refractivity contribution in [3.05, 3.63) is 138 Å². The SMILES string of the molecule is O=C(O)c1cc(C(=O)O)c(C(=O)OCC(COC(=O)c2cc(C(=O)O)c(C(=O)O)cc2C(=O)O)(COC(=O)c2cc(C(=O)O)c(C(=O)O)cc2C(=O)O)COC(=O)c2cc(C(=O)O)c(C(=O)O)cc2C(=O)O)cc1C(=O)O. The molecule has 0 saturated heterocycles. The number of aromatic carboxylic acids is 12. The molecular formula is C45H28O32. The Hall–Kier alpha value is -11.6. The van der Waals surface area contributed by atoms with Crippen molar-refractivity contribution in [3.8, 4) is 0 Å². The maximum atomic E-state index is 13.8. The number of carbonyl (C=O) groups excluding carboxylic acids is 4. The Morgan fingerprint density at radius 2 is 0.325 bits per heavy atom. The lowest BCUT2D eigenvalue weighted by Gasteiger charge is -2.32. The van der Waals surface area contributed by atoms with Crippen LogP contribution in [0.5, 0.6) is 0 Å². The van der Waals surface area contributed by atoms with E-state index < -0.39 is 216 Å². The van der Waals surface area contributed by atoms with E-state index in [1.54, 1.807) is 0 Å². The zero-order chi connectivity index (χ0) is 58.3. The summed E-state index contributed by atoms with van der Waals surface area (Å²) < 4.78 is 20.7. The van der Waals surface area contributed by atoms with E-state index in [0.29, 0.717) is 0 Å². The summed E-state index contributed by atoms with van der Waals surface area (Å²) in [5.41, 5.74) is -23.5. The van der Waals surface area contributed by atoms with E-state index in [0.717, 1.165) is 0 Å². The largest absolute Gasteiger partial charge is 0.478 e. The summed E-state index contributed by atoms with van der Waals surface area (Å²) in [6.45, 7) is -6.94. The van der Waals surface area contributed by atoms with E-state index in [-0.39, 0.29) is 48.5 Å². The summed E-state index contributed by atoms with van der Waals surface area (Å²) in [7, 11) is 0. The summed E-state index contributed by atoms with van der Waals surface area (Å²) in [5, 5.41) is 116. The third kappa shape index (κ3) is 12.7. The molecule has 32 heteroatoms. The molecule has 0 fully saturated rings. The summed E-state index contributed by atoms with van der Waals surface area (Å²) in [4.78, 5) is 200. The lowest BCUT2D eigenvalue weighted by molar-refractivity contribution is -0.0645. The van der Waals surface area contributed by atoms with Gasteiger partial charge in [0.25, 0.3) is 0 Å². The number of carbonyl (C=O) groups is 16. The highest BCUT2D eigenvalue weighted by molar-refractivity contribution is 6.13. The first-order valence-electron chi connectivity index (χ1n) is 20.0. The monoisotopic (exact) mass is 1080 g/mol. The fourth-order valence-electron chi connectivity index (χ4n) is 6.63. The fraction of sp³-hybridized carbons (Fsp3) is 0.111. The van der Waals surface area contributed by atoms with Crippen LogP contribution in [0.1, 0.15) is 166 Å². The molecule has 0 saturated carbocycles. The number of benzene rings is 4. The van der Waals surface area contributed by atoms with Crippen molar-refractivity contribution >= 4 is 95.5 Å². The molecule has 4 aromatic carbocycles. The van der Waals surface area contributed by atoms with E-state index in [1.165, 1.54) is 0 Å². The van der Waals surface area contributed by atoms with Crippen molar-refractivity contribution < 1.29 is 157 Å². The van der Waals surface area contributed by atoms with Gasteiger partial charge in [0, 0.05) is 0 Å². The molecular weight excluding hydrogens is 1050 g/mol. The molecule has 0 aromatic heterocycles. The van der Waals surface area contributed by atoms with Crippen LogP contribution in [-0.2, 0) is 18.9 Å². The Bertz CT molecular complexity index is 2930. The van der Waals surface area contributed by atoms with Crippen molar-refractivity contribution in [3.63, 3.8) is 0 Å². The van der Waals surface area contributed by atoms with Crippen LogP contribution in [0.4, 0.5) is 0 Å². The Balaban J connectivity index is 2.05. The lowest BCUT2D eigenvalue weighted by Crippen LogP contribution is -2.44. The first-order chi connectivity index (χ1) is 35.7. The van der Waals surface area contributed by atoms with Gasteiger partial charge in [-0.3, -0.25) is 0 Å². The molecule has 0 atom stereocenters. The first-order valence-corrected chi connectivity index (χ1v) is 20.0. The van der Waals surface area contributed by atoms with Gasteiger partial charge in [0.15, 0.2) is 0 Å². The van der Waals surface area contributed by atoms with E-state index in [1.807, 2.05) is 0 Å². The Kier molecular flexibility index (Phi) is 17.2. The van der Waals surface area contributed by atoms with Gasteiger partial charge in [-0.15, -0.1) is 0 Å². The summed E-state index contributed by atoms with van der Waals surface area (Å²) in [6.07, 6.45) is 0. The van der Waals surface area contributed by atoms with E-state index in [2.05, 4.69) is 0 Å². The molecule has 4 rings (SSSR count). The minimum absolute atomic E-state index is 0.163. The first kappa shape index (κ1) is 58.0. The van der Waals surface area contributed by atoms with Gasteiger partial charge < -0.3 is 80.2 Å². The highest BCUT2D eigenvalue weighted by Gasteiger charge is 2.41. The number of hydrogen-bond acceptors (Lipinski definition) is 20. The van der Waals surface area contributed by atoms with Gasteiger partial charge in [0.05, 0.1) is 89.0 Å². The second-order valence-electron chi connectivity index (χ2n) is 15.2. The predicted octanol–water partition coefficient (Wildman–Crippen LogP) is 1.78. The second kappa shape index (κ2) is 22.9. The Morgan fingerprint density at radius 1 is 0.221 bits per heavy atom. The maximum absolute atomic E-state index is 13.8. The zero-order valence-corrected chi connectivity index (χ0v) is 37.5. The number of hydrogen-bond donors (Lipinski definition) is 12. The number of ether oxygens (including phenoxy) is 4. The number of esters is 4. The molecule has 0 unspecified atom stereocenters. The van der Waals surface area contributed by atoms with Crippen molar-refractivity contribution in [2.45, 2.75) is 0 Å². The Morgan fingerprint density at radius 3 is 0.442 bits per heavy atom. The molecule has 77 heavy (non-hydrogen) atoms. The van der Waals surface area contributed by atoms with E-state index in [4.69, 9.17) is 18.9 Å². The van der Waals surface area contributed by atoms with Gasteiger partial charge in [-0.2, -0.15) is 0 Å². The van der Waals surface area contributed by atoms with Crippen LogP contribution in [0.3, 0.4) is 0 Å². The van der Waals surface area contributed by atoms with Gasteiger partial charge in [-0.1, -0.05) is 0 Å². The summed E-state index contributed by atoms with van der Waals surface area (Å²) in [6, 6.07) is 1.34. The average molecular weight is 1080 g/mol. The minimum atomic E-state index is -3.02. The molecule has 4 aromatic rings. The molecule has 32 nitrogen and oxygen atoms in total. The molecule has 0 bridgehead atoms. The van der Waals surface area contributed by atoms with Crippen molar-refractivity contribution in [2.24, 2.45) is 5.41 Å². The van der Waals surface area contributed by atoms with Gasteiger partial charge in [-0.05, 0) is 48.5 Å². The second-order valence-corrected chi connectivity index (χ2v) is 15.2. The molecule has 0 aliphatic heterocycles. The highest BCUT2D eigenvalue weighted by atomic mass is 16.6. The number of carboxylic acids is 12. The zero-order valence-electron chi connectivity index (χ0n) is 37.5. The van der Waals surface area contributed by atoms with Gasteiger partial charge in [-0.25, -0.2) is 76.7 Å². The van der Waals surface area contributed by atoms with Crippen LogP contribution < -0.4 is 0 Å². The average Bonchev–Trinajstić information content (AvgIpc) is 3.35. The van der Waals surface area contributed by atoms with Crippen molar-refractivity contribution in [1.29, 1.82) is 0 Å². The van der Waals surface area contributed by atoms with Gasteiger partial charge >= 0.3 is 95.5 Å². The lowest BCUT2D eigenvalue weighted by atomic mass is 9.91. The van der Waals surface area contributed by atoms with Crippen LogP contribution >= 0.6 is 0 Å². The van der Waals surface area contributed by atoms with Crippen LogP contribution in [0, 0.1) is 5.41 Å². The number of carboxylic acid groups (broad SMARTS) is 12. The molecule has 0 spiro atoms. The fourth-order valence-corrected chi connectivity index (χ4v) is 6.63.